The van der Waals surface area contributed by atoms with E-state index in [4.69, 9.17) is 9.47 Å². The first-order valence-electron chi connectivity index (χ1n) is 6.40. The van der Waals surface area contributed by atoms with E-state index in [0.717, 1.165) is 40.6 Å². The Labute approximate surface area is 121 Å². The van der Waals surface area contributed by atoms with Crippen LogP contribution < -0.4 is 9.47 Å². The van der Waals surface area contributed by atoms with Gasteiger partial charge in [-0.2, -0.15) is 5.26 Å². The maximum absolute atomic E-state index is 9.25. The third-order valence-corrected chi connectivity index (χ3v) is 4.37. The Bertz CT molecular complexity index is 684. The second kappa shape index (κ2) is 5.14. The molecule has 1 aliphatic rings. The molecule has 0 N–H and O–H groups in total. The second-order valence-corrected chi connectivity index (χ2v) is 5.68. The first kappa shape index (κ1) is 12.9. The molecule has 2 aromatic rings. The zero-order valence-corrected chi connectivity index (χ0v) is 12.2. The van der Waals surface area contributed by atoms with Gasteiger partial charge >= 0.3 is 0 Å². The molecule has 1 fully saturated rings. The zero-order valence-electron chi connectivity index (χ0n) is 11.3. The highest BCUT2D eigenvalue weighted by atomic mass is 32.1. The maximum Gasteiger partial charge on any atom is 0.129 e. The van der Waals surface area contributed by atoms with Crippen LogP contribution in [0.1, 0.15) is 29.3 Å². The molecule has 0 atom stereocenters. The minimum Gasteiger partial charge on any atom is -0.497 e. The molecule has 1 aromatic heterocycles. The minimum absolute atomic E-state index is 0.464. The average Bonchev–Trinajstić information content (AvgIpc) is 3.25. The van der Waals surface area contributed by atoms with Crippen molar-refractivity contribution < 1.29 is 9.47 Å². The molecule has 0 unspecified atom stereocenters. The summed E-state index contributed by atoms with van der Waals surface area (Å²) in [7, 11) is 3.26. The predicted octanol–water partition coefficient (Wildman–Crippen LogP) is 3.58. The van der Waals surface area contributed by atoms with Gasteiger partial charge in [-0.15, -0.1) is 11.3 Å². The number of nitrogens with zero attached hydrogens (tertiary/aromatic N) is 2. The first-order valence-corrected chi connectivity index (χ1v) is 7.21. The minimum atomic E-state index is 0.464. The SMILES string of the molecule is COc1ccc(OC)c(-c2nc(C3CC3)c(C#N)s2)c1. The van der Waals surface area contributed by atoms with Gasteiger partial charge in [-0.25, -0.2) is 4.98 Å². The summed E-state index contributed by atoms with van der Waals surface area (Å²) in [5.74, 6) is 1.96. The van der Waals surface area contributed by atoms with Crippen molar-refractivity contribution in [2.24, 2.45) is 0 Å². The number of thiazole rings is 1. The van der Waals surface area contributed by atoms with E-state index < -0.39 is 0 Å². The molecule has 1 heterocycles. The molecule has 1 saturated carbocycles. The van der Waals surface area contributed by atoms with E-state index in [2.05, 4.69) is 11.1 Å². The zero-order chi connectivity index (χ0) is 14.1. The molecular weight excluding hydrogens is 272 g/mol. The number of aromatic nitrogens is 1. The van der Waals surface area contributed by atoms with Gasteiger partial charge in [0, 0.05) is 5.92 Å². The smallest absolute Gasteiger partial charge is 0.129 e. The molecular formula is C15H14N2O2S. The van der Waals surface area contributed by atoms with Gasteiger partial charge < -0.3 is 9.47 Å². The van der Waals surface area contributed by atoms with Crippen LogP contribution in [-0.2, 0) is 0 Å². The standard InChI is InChI=1S/C15H14N2O2S/c1-18-10-5-6-12(19-2)11(7-10)15-17-14(9-3-4-9)13(8-16)20-15/h5-7,9H,3-4H2,1-2H3. The number of rotatable bonds is 4. The third kappa shape index (κ3) is 2.23. The van der Waals surface area contributed by atoms with E-state index >= 15 is 0 Å². The summed E-state index contributed by atoms with van der Waals surface area (Å²) in [5, 5.41) is 10.1. The van der Waals surface area contributed by atoms with Crippen LogP contribution in [0.5, 0.6) is 11.5 Å². The maximum atomic E-state index is 9.25. The summed E-state index contributed by atoms with van der Waals surface area (Å²) in [6.45, 7) is 0. The molecule has 0 spiro atoms. The summed E-state index contributed by atoms with van der Waals surface area (Å²) in [6, 6.07) is 7.87. The predicted molar refractivity (Wildman–Crippen MR) is 77.3 cm³/mol. The largest absolute Gasteiger partial charge is 0.497 e. The van der Waals surface area contributed by atoms with Gasteiger partial charge in [0.05, 0.1) is 25.5 Å². The first-order chi connectivity index (χ1) is 9.76. The Hall–Kier alpha value is -2.06. The van der Waals surface area contributed by atoms with Gasteiger partial charge in [0.1, 0.15) is 27.5 Å². The highest BCUT2D eigenvalue weighted by Gasteiger charge is 2.30. The van der Waals surface area contributed by atoms with E-state index in [1.54, 1.807) is 14.2 Å². The van der Waals surface area contributed by atoms with Crippen LogP contribution in [-0.4, -0.2) is 19.2 Å². The average molecular weight is 286 g/mol. The Kier molecular flexibility index (Phi) is 3.33. The van der Waals surface area contributed by atoms with Crippen molar-refractivity contribution in [3.8, 4) is 28.1 Å². The summed E-state index contributed by atoms with van der Waals surface area (Å²) < 4.78 is 10.6. The molecule has 4 nitrogen and oxygen atoms in total. The van der Waals surface area contributed by atoms with Crippen LogP contribution in [0.4, 0.5) is 0 Å². The summed E-state index contributed by atoms with van der Waals surface area (Å²) in [5.41, 5.74) is 1.82. The fourth-order valence-electron chi connectivity index (χ4n) is 2.14. The van der Waals surface area contributed by atoms with E-state index in [0.29, 0.717) is 10.8 Å². The molecule has 0 saturated heterocycles. The van der Waals surface area contributed by atoms with Gasteiger partial charge in [-0.3, -0.25) is 0 Å². The van der Waals surface area contributed by atoms with Crippen molar-refractivity contribution in [3.63, 3.8) is 0 Å². The number of nitriles is 1. The lowest BCUT2D eigenvalue weighted by molar-refractivity contribution is 0.404. The monoisotopic (exact) mass is 286 g/mol. The van der Waals surface area contributed by atoms with Crippen LogP contribution in [0.2, 0.25) is 0 Å². The second-order valence-electron chi connectivity index (χ2n) is 4.69. The van der Waals surface area contributed by atoms with Crippen LogP contribution >= 0.6 is 11.3 Å². The Balaban J connectivity index is 2.10. The Morgan fingerprint density at radius 3 is 2.70 bits per heavy atom. The van der Waals surface area contributed by atoms with Crippen LogP contribution in [0.15, 0.2) is 18.2 Å². The summed E-state index contributed by atoms with van der Waals surface area (Å²) in [4.78, 5) is 5.37. The molecule has 0 radical (unpaired) electrons. The van der Waals surface area contributed by atoms with Crippen molar-refractivity contribution in [1.82, 2.24) is 4.98 Å². The molecule has 20 heavy (non-hydrogen) atoms. The topological polar surface area (TPSA) is 55.1 Å². The Morgan fingerprint density at radius 1 is 1.30 bits per heavy atom. The lowest BCUT2D eigenvalue weighted by Gasteiger charge is -2.08. The van der Waals surface area contributed by atoms with Crippen molar-refractivity contribution in [3.05, 3.63) is 28.8 Å². The van der Waals surface area contributed by atoms with Gasteiger partial charge in [0.25, 0.3) is 0 Å². The molecule has 1 aliphatic carbocycles. The number of hydrogen-bond donors (Lipinski definition) is 0. The van der Waals surface area contributed by atoms with Gasteiger partial charge in [0.2, 0.25) is 0 Å². The van der Waals surface area contributed by atoms with Crippen LogP contribution in [0.25, 0.3) is 10.6 Å². The Morgan fingerprint density at radius 2 is 2.10 bits per heavy atom. The summed E-state index contributed by atoms with van der Waals surface area (Å²) >= 11 is 1.42. The van der Waals surface area contributed by atoms with Crippen LogP contribution in [0, 0.1) is 11.3 Å². The normalized spacial score (nSPS) is 13.8. The van der Waals surface area contributed by atoms with Gasteiger partial charge in [0.15, 0.2) is 0 Å². The van der Waals surface area contributed by atoms with Crippen molar-refractivity contribution in [2.45, 2.75) is 18.8 Å². The molecule has 0 bridgehead atoms. The fourth-order valence-corrected chi connectivity index (χ4v) is 3.11. The van der Waals surface area contributed by atoms with E-state index in [9.17, 15) is 5.26 Å². The number of benzene rings is 1. The van der Waals surface area contributed by atoms with E-state index in [1.807, 2.05) is 18.2 Å². The van der Waals surface area contributed by atoms with Gasteiger partial charge in [-0.05, 0) is 31.0 Å². The molecule has 1 aromatic carbocycles. The van der Waals surface area contributed by atoms with Crippen LogP contribution in [0.3, 0.4) is 0 Å². The lowest BCUT2D eigenvalue weighted by Crippen LogP contribution is -1.90. The van der Waals surface area contributed by atoms with Crippen molar-refractivity contribution >= 4 is 11.3 Å². The quantitative estimate of drug-likeness (QED) is 0.862. The third-order valence-electron chi connectivity index (χ3n) is 3.36. The lowest BCUT2D eigenvalue weighted by atomic mass is 10.2. The number of methoxy groups -OCH3 is 2. The number of hydrogen-bond acceptors (Lipinski definition) is 5. The molecule has 5 heteroatoms. The van der Waals surface area contributed by atoms with Crippen molar-refractivity contribution in [2.75, 3.05) is 14.2 Å². The molecule has 0 aliphatic heterocycles. The fraction of sp³-hybridized carbons (Fsp3) is 0.333. The molecule has 102 valence electrons. The van der Waals surface area contributed by atoms with E-state index in [1.165, 1.54) is 11.3 Å². The molecule has 3 rings (SSSR count). The highest BCUT2D eigenvalue weighted by molar-refractivity contribution is 7.15. The van der Waals surface area contributed by atoms with Gasteiger partial charge in [-0.1, -0.05) is 0 Å². The highest BCUT2D eigenvalue weighted by Crippen LogP contribution is 2.45. The van der Waals surface area contributed by atoms with Crippen molar-refractivity contribution in [1.29, 1.82) is 5.26 Å². The summed E-state index contributed by atoms with van der Waals surface area (Å²) in [6.07, 6.45) is 2.26. The molecule has 0 amide bonds. The number of ether oxygens (including phenoxy) is 2. The van der Waals surface area contributed by atoms with E-state index in [-0.39, 0.29) is 0 Å².